The number of nitrogens with zero attached hydrogens (tertiary/aromatic N) is 3. The van der Waals surface area contributed by atoms with Crippen LogP contribution in [0.3, 0.4) is 0 Å². The van der Waals surface area contributed by atoms with Crippen LogP contribution in [0.2, 0.25) is 0 Å². The van der Waals surface area contributed by atoms with Crippen molar-refractivity contribution in [2.75, 3.05) is 43.3 Å². The Bertz CT molecular complexity index is 489. The van der Waals surface area contributed by atoms with Gasteiger partial charge in [-0.25, -0.2) is 8.42 Å². The SMILES string of the molecule is COc1cc(N(C)CCS(C)(=O)=O)nc(N)n1. The highest BCUT2D eigenvalue weighted by Gasteiger charge is 2.10. The summed E-state index contributed by atoms with van der Waals surface area (Å²) < 4.78 is 27.1. The minimum absolute atomic E-state index is 0.0513. The van der Waals surface area contributed by atoms with Gasteiger partial charge in [-0.1, -0.05) is 0 Å². The quantitative estimate of drug-likeness (QED) is 0.765. The largest absolute Gasteiger partial charge is 0.481 e. The molecule has 96 valence electrons. The average Bonchev–Trinajstić information content (AvgIpc) is 2.23. The van der Waals surface area contributed by atoms with Crippen molar-refractivity contribution in [3.8, 4) is 5.88 Å². The molecule has 0 radical (unpaired) electrons. The summed E-state index contributed by atoms with van der Waals surface area (Å²) in [6.07, 6.45) is 1.19. The number of rotatable bonds is 5. The van der Waals surface area contributed by atoms with Gasteiger partial charge in [0.15, 0.2) is 0 Å². The van der Waals surface area contributed by atoms with Gasteiger partial charge >= 0.3 is 0 Å². The van der Waals surface area contributed by atoms with Crippen molar-refractivity contribution >= 4 is 21.6 Å². The topological polar surface area (TPSA) is 98.4 Å². The Morgan fingerprint density at radius 3 is 2.65 bits per heavy atom. The lowest BCUT2D eigenvalue weighted by Crippen LogP contribution is -2.26. The number of hydrogen-bond donors (Lipinski definition) is 1. The summed E-state index contributed by atoms with van der Waals surface area (Å²) in [7, 11) is 0.202. The van der Waals surface area contributed by atoms with Crippen LogP contribution in [-0.4, -0.2) is 51.1 Å². The number of nitrogen functional groups attached to an aromatic ring is 1. The molecule has 0 aliphatic rings. The van der Waals surface area contributed by atoms with Crippen molar-refractivity contribution in [1.82, 2.24) is 9.97 Å². The highest BCUT2D eigenvalue weighted by Crippen LogP contribution is 2.16. The standard InChI is InChI=1S/C9H16N4O3S/c1-13(4-5-17(3,14)15)7-6-8(16-2)12-9(10)11-7/h6H,4-5H2,1-3H3,(H2,10,11,12). The summed E-state index contributed by atoms with van der Waals surface area (Å²) in [5.41, 5.74) is 5.51. The van der Waals surface area contributed by atoms with Crippen LogP contribution in [0, 0.1) is 0 Å². The second-order valence-corrected chi connectivity index (χ2v) is 5.94. The Hall–Kier alpha value is -1.57. The molecule has 0 saturated heterocycles. The maximum absolute atomic E-state index is 11.0. The fourth-order valence-corrected chi connectivity index (χ4v) is 1.75. The van der Waals surface area contributed by atoms with Crippen molar-refractivity contribution in [2.24, 2.45) is 0 Å². The normalized spacial score (nSPS) is 11.2. The van der Waals surface area contributed by atoms with Crippen LogP contribution >= 0.6 is 0 Å². The van der Waals surface area contributed by atoms with Gasteiger partial charge in [0, 0.05) is 25.9 Å². The van der Waals surface area contributed by atoms with Crippen molar-refractivity contribution in [1.29, 1.82) is 0 Å². The minimum Gasteiger partial charge on any atom is -0.481 e. The summed E-state index contributed by atoms with van der Waals surface area (Å²) in [6, 6.07) is 1.60. The molecule has 1 aromatic heterocycles. The molecule has 1 aromatic rings. The number of sulfone groups is 1. The van der Waals surface area contributed by atoms with Crippen molar-refractivity contribution in [2.45, 2.75) is 0 Å². The third-order valence-electron chi connectivity index (χ3n) is 2.10. The summed E-state index contributed by atoms with van der Waals surface area (Å²) in [5.74, 6) is 1.01. The molecule has 0 amide bonds. The number of nitrogens with two attached hydrogens (primary N) is 1. The first-order chi connectivity index (χ1) is 7.81. The zero-order valence-electron chi connectivity index (χ0n) is 10.0. The van der Waals surface area contributed by atoms with E-state index in [-0.39, 0.29) is 11.7 Å². The third-order valence-corrected chi connectivity index (χ3v) is 3.03. The van der Waals surface area contributed by atoms with Gasteiger partial charge in [-0.3, -0.25) is 0 Å². The van der Waals surface area contributed by atoms with E-state index < -0.39 is 9.84 Å². The van der Waals surface area contributed by atoms with Gasteiger partial charge < -0.3 is 15.4 Å². The molecule has 17 heavy (non-hydrogen) atoms. The molecule has 0 spiro atoms. The van der Waals surface area contributed by atoms with Crippen LogP contribution in [0.5, 0.6) is 5.88 Å². The third kappa shape index (κ3) is 4.43. The van der Waals surface area contributed by atoms with Crippen molar-refractivity contribution in [3.05, 3.63) is 6.07 Å². The molecule has 0 unspecified atom stereocenters. The Kier molecular flexibility index (Phi) is 4.11. The first kappa shape index (κ1) is 13.5. The van der Waals surface area contributed by atoms with E-state index in [4.69, 9.17) is 10.5 Å². The molecule has 0 bridgehead atoms. The van der Waals surface area contributed by atoms with Gasteiger partial charge in [0.1, 0.15) is 15.7 Å². The second-order valence-electron chi connectivity index (χ2n) is 3.68. The number of anilines is 2. The van der Waals surface area contributed by atoms with E-state index in [1.165, 1.54) is 13.4 Å². The van der Waals surface area contributed by atoms with Gasteiger partial charge in [0.2, 0.25) is 11.8 Å². The van der Waals surface area contributed by atoms with Crippen LogP contribution in [0.15, 0.2) is 6.07 Å². The maximum atomic E-state index is 11.0. The van der Waals surface area contributed by atoms with Crippen LogP contribution < -0.4 is 15.4 Å². The van der Waals surface area contributed by atoms with Gasteiger partial charge in [-0.15, -0.1) is 0 Å². The van der Waals surface area contributed by atoms with E-state index in [9.17, 15) is 8.42 Å². The summed E-state index contributed by atoms with van der Waals surface area (Å²) >= 11 is 0. The van der Waals surface area contributed by atoms with Crippen molar-refractivity contribution in [3.63, 3.8) is 0 Å². The summed E-state index contributed by atoms with van der Waals surface area (Å²) in [5, 5.41) is 0. The lowest BCUT2D eigenvalue weighted by atomic mass is 10.5. The molecular formula is C9H16N4O3S. The average molecular weight is 260 g/mol. The second kappa shape index (κ2) is 5.17. The molecule has 0 atom stereocenters. The molecule has 2 N–H and O–H groups in total. The van der Waals surface area contributed by atoms with Gasteiger partial charge in [-0.05, 0) is 0 Å². The van der Waals surface area contributed by atoms with Crippen molar-refractivity contribution < 1.29 is 13.2 Å². The van der Waals surface area contributed by atoms with Crippen LogP contribution in [0.4, 0.5) is 11.8 Å². The molecule has 1 rings (SSSR count). The number of aromatic nitrogens is 2. The van der Waals surface area contributed by atoms with Crippen LogP contribution in [-0.2, 0) is 9.84 Å². The zero-order valence-corrected chi connectivity index (χ0v) is 10.9. The van der Waals surface area contributed by atoms with Gasteiger partial charge in [0.05, 0.1) is 12.9 Å². The Balaban J connectivity index is 2.81. The number of methoxy groups -OCH3 is 1. The first-order valence-electron chi connectivity index (χ1n) is 4.89. The minimum atomic E-state index is -3.00. The highest BCUT2D eigenvalue weighted by molar-refractivity contribution is 7.90. The Morgan fingerprint density at radius 2 is 2.12 bits per heavy atom. The summed E-state index contributed by atoms with van der Waals surface area (Å²) in [6.45, 7) is 0.332. The predicted octanol–water partition coefficient (Wildman–Crippen LogP) is -0.452. The van der Waals surface area contributed by atoms with Gasteiger partial charge in [0.25, 0.3) is 0 Å². The molecule has 0 fully saturated rings. The monoisotopic (exact) mass is 260 g/mol. The zero-order chi connectivity index (χ0) is 13.1. The van der Waals surface area contributed by atoms with E-state index in [2.05, 4.69) is 9.97 Å². The molecule has 0 saturated carbocycles. The Labute approximate surface area is 101 Å². The van der Waals surface area contributed by atoms with E-state index in [1.807, 2.05) is 0 Å². The first-order valence-corrected chi connectivity index (χ1v) is 6.95. The summed E-state index contributed by atoms with van der Waals surface area (Å²) in [4.78, 5) is 9.53. The Morgan fingerprint density at radius 1 is 1.47 bits per heavy atom. The smallest absolute Gasteiger partial charge is 0.225 e. The fourth-order valence-electron chi connectivity index (χ4n) is 1.15. The molecule has 7 nitrogen and oxygen atoms in total. The lowest BCUT2D eigenvalue weighted by Gasteiger charge is -2.18. The molecule has 0 aromatic carbocycles. The fraction of sp³-hybridized carbons (Fsp3) is 0.556. The predicted molar refractivity (Wildman–Crippen MR) is 66.0 cm³/mol. The number of hydrogen-bond acceptors (Lipinski definition) is 7. The lowest BCUT2D eigenvalue weighted by molar-refractivity contribution is 0.397. The number of ether oxygens (including phenoxy) is 1. The van der Waals surface area contributed by atoms with E-state index >= 15 is 0 Å². The molecular weight excluding hydrogens is 244 g/mol. The van der Waals surface area contributed by atoms with Crippen LogP contribution in [0.25, 0.3) is 0 Å². The van der Waals surface area contributed by atoms with Crippen LogP contribution in [0.1, 0.15) is 0 Å². The molecule has 1 heterocycles. The maximum Gasteiger partial charge on any atom is 0.225 e. The molecule has 0 aliphatic carbocycles. The van der Waals surface area contributed by atoms with Gasteiger partial charge in [-0.2, -0.15) is 9.97 Å². The van der Waals surface area contributed by atoms with E-state index in [1.54, 1.807) is 18.0 Å². The molecule has 0 aliphatic heterocycles. The molecule has 8 heteroatoms. The van der Waals surface area contributed by atoms with E-state index in [0.29, 0.717) is 18.2 Å². The van der Waals surface area contributed by atoms with E-state index in [0.717, 1.165) is 0 Å². The highest BCUT2D eigenvalue weighted by atomic mass is 32.2.